The average Bonchev–Trinajstić information content (AvgIpc) is 3.07. The van der Waals surface area contributed by atoms with E-state index in [0.29, 0.717) is 5.92 Å². The summed E-state index contributed by atoms with van der Waals surface area (Å²) in [5.41, 5.74) is 1.06. The third-order valence-corrected chi connectivity index (χ3v) is 5.45. The molecule has 0 aliphatic heterocycles. The van der Waals surface area contributed by atoms with Crippen LogP contribution in [0.3, 0.4) is 0 Å². The first-order valence-corrected chi connectivity index (χ1v) is 8.46. The Morgan fingerprint density at radius 1 is 0.900 bits per heavy atom. The predicted octanol–water partition coefficient (Wildman–Crippen LogP) is 5.74. The van der Waals surface area contributed by atoms with Crippen LogP contribution in [0.4, 0.5) is 0 Å². The van der Waals surface area contributed by atoms with Crippen LogP contribution < -0.4 is 0 Å². The van der Waals surface area contributed by atoms with Crippen molar-refractivity contribution in [2.45, 2.75) is 20.3 Å². The van der Waals surface area contributed by atoms with Gasteiger partial charge in [-0.05, 0) is 48.7 Å². The standard InChI is InChI=1S/C17H17NS2/c1-12(2)11-13-6-7-16(19-13)17-9-8-15(20-17)14-5-3-4-10-18-14/h3-10,12H,11H2,1-2H3. The molecule has 1 nitrogen and oxygen atoms in total. The number of hydrogen-bond acceptors (Lipinski definition) is 3. The van der Waals surface area contributed by atoms with Gasteiger partial charge in [0.1, 0.15) is 0 Å². The fourth-order valence-electron chi connectivity index (χ4n) is 2.14. The topological polar surface area (TPSA) is 12.9 Å². The molecule has 0 aliphatic carbocycles. The van der Waals surface area contributed by atoms with Crippen LogP contribution in [0.1, 0.15) is 18.7 Å². The molecule has 0 fully saturated rings. The minimum absolute atomic E-state index is 0.717. The third-order valence-electron chi connectivity index (χ3n) is 3.04. The molecule has 0 saturated heterocycles. The summed E-state index contributed by atoms with van der Waals surface area (Å²) in [7, 11) is 0. The molecule has 0 unspecified atom stereocenters. The van der Waals surface area contributed by atoms with Crippen LogP contribution >= 0.6 is 22.7 Å². The molecule has 0 aromatic carbocycles. The summed E-state index contributed by atoms with van der Waals surface area (Å²) >= 11 is 3.73. The zero-order valence-electron chi connectivity index (χ0n) is 11.7. The largest absolute Gasteiger partial charge is 0.255 e. The summed E-state index contributed by atoms with van der Waals surface area (Å²) in [6, 6.07) is 14.9. The van der Waals surface area contributed by atoms with E-state index in [2.05, 4.69) is 49.2 Å². The fourth-order valence-corrected chi connectivity index (χ4v) is 4.43. The highest BCUT2D eigenvalue weighted by atomic mass is 32.1. The summed E-state index contributed by atoms with van der Waals surface area (Å²) < 4.78 is 0. The first kappa shape index (κ1) is 13.5. The summed E-state index contributed by atoms with van der Waals surface area (Å²) in [4.78, 5) is 9.83. The summed E-state index contributed by atoms with van der Waals surface area (Å²) in [6.07, 6.45) is 3.02. The van der Waals surface area contributed by atoms with Crippen molar-refractivity contribution in [3.05, 3.63) is 53.5 Å². The molecule has 102 valence electrons. The van der Waals surface area contributed by atoms with Gasteiger partial charge in [0.2, 0.25) is 0 Å². The molecule has 20 heavy (non-hydrogen) atoms. The first-order valence-electron chi connectivity index (χ1n) is 6.82. The monoisotopic (exact) mass is 299 g/mol. The number of hydrogen-bond donors (Lipinski definition) is 0. The number of thiophene rings is 2. The van der Waals surface area contributed by atoms with E-state index < -0.39 is 0 Å². The molecular weight excluding hydrogens is 282 g/mol. The summed E-state index contributed by atoms with van der Waals surface area (Å²) in [6.45, 7) is 4.54. The maximum atomic E-state index is 4.41. The lowest BCUT2D eigenvalue weighted by Gasteiger charge is -1.99. The molecule has 0 atom stereocenters. The highest BCUT2D eigenvalue weighted by molar-refractivity contribution is 7.23. The van der Waals surface area contributed by atoms with E-state index in [9.17, 15) is 0 Å². The minimum atomic E-state index is 0.717. The van der Waals surface area contributed by atoms with E-state index >= 15 is 0 Å². The van der Waals surface area contributed by atoms with E-state index in [1.807, 2.05) is 41.0 Å². The number of aromatic nitrogens is 1. The Kier molecular flexibility index (Phi) is 3.99. The smallest absolute Gasteiger partial charge is 0.0801 e. The molecule has 0 spiro atoms. The predicted molar refractivity (Wildman–Crippen MR) is 89.4 cm³/mol. The fraction of sp³-hybridized carbons (Fsp3) is 0.235. The summed E-state index contributed by atoms with van der Waals surface area (Å²) in [5.74, 6) is 0.717. The van der Waals surface area contributed by atoms with Crippen LogP contribution in [-0.4, -0.2) is 4.98 Å². The van der Waals surface area contributed by atoms with Gasteiger partial charge in [0.25, 0.3) is 0 Å². The molecule has 3 aromatic heterocycles. The van der Waals surface area contributed by atoms with Gasteiger partial charge >= 0.3 is 0 Å². The van der Waals surface area contributed by atoms with Gasteiger partial charge in [-0.15, -0.1) is 22.7 Å². The van der Waals surface area contributed by atoms with Crippen LogP contribution in [0.2, 0.25) is 0 Å². The van der Waals surface area contributed by atoms with Gasteiger partial charge in [-0.1, -0.05) is 19.9 Å². The number of nitrogens with zero attached hydrogens (tertiary/aromatic N) is 1. The molecular formula is C17H17NS2. The highest BCUT2D eigenvalue weighted by Crippen LogP contribution is 2.37. The SMILES string of the molecule is CC(C)Cc1ccc(-c2ccc(-c3ccccn3)s2)s1. The van der Waals surface area contributed by atoms with Crippen LogP contribution in [0.15, 0.2) is 48.7 Å². The first-order chi connectivity index (χ1) is 9.72. The lowest BCUT2D eigenvalue weighted by atomic mass is 10.1. The van der Waals surface area contributed by atoms with Gasteiger partial charge in [-0.2, -0.15) is 0 Å². The van der Waals surface area contributed by atoms with Gasteiger partial charge in [0.15, 0.2) is 0 Å². The Balaban J connectivity index is 1.85. The van der Waals surface area contributed by atoms with Gasteiger partial charge in [-0.3, -0.25) is 4.98 Å². The van der Waals surface area contributed by atoms with Crippen LogP contribution in [-0.2, 0) is 6.42 Å². The zero-order chi connectivity index (χ0) is 13.9. The Morgan fingerprint density at radius 3 is 2.40 bits per heavy atom. The Hall–Kier alpha value is -1.45. The normalized spacial score (nSPS) is 11.2. The van der Waals surface area contributed by atoms with Crippen molar-refractivity contribution in [1.82, 2.24) is 4.98 Å². The molecule has 3 rings (SSSR count). The molecule has 3 heteroatoms. The van der Waals surface area contributed by atoms with Crippen molar-refractivity contribution in [2.24, 2.45) is 5.92 Å². The average molecular weight is 299 g/mol. The van der Waals surface area contributed by atoms with Gasteiger partial charge in [0, 0.05) is 20.8 Å². The van der Waals surface area contributed by atoms with E-state index in [0.717, 1.165) is 5.69 Å². The number of rotatable bonds is 4. The third kappa shape index (κ3) is 3.00. The van der Waals surface area contributed by atoms with Crippen molar-refractivity contribution in [3.8, 4) is 20.3 Å². The molecule has 0 amide bonds. The maximum absolute atomic E-state index is 4.41. The van der Waals surface area contributed by atoms with Crippen molar-refractivity contribution in [1.29, 1.82) is 0 Å². The molecule has 0 saturated carbocycles. The lowest BCUT2D eigenvalue weighted by Crippen LogP contribution is -1.89. The molecule has 0 aliphatic rings. The Morgan fingerprint density at radius 2 is 1.65 bits per heavy atom. The Labute approximate surface area is 128 Å². The molecule has 3 aromatic rings. The second kappa shape index (κ2) is 5.90. The molecule has 0 N–H and O–H groups in total. The van der Waals surface area contributed by atoms with Crippen LogP contribution in [0.5, 0.6) is 0 Å². The number of pyridine rings is 1. The molecule has 0 bridgehead atoms. The lowest BCUT2D eigenvalue weighted by molar-refractivity contribution is 0.654. The second-order valence-electron chi connectivity index (χ2n) is 5.24. The van der Waals surface area contributed by atoms with Crippen molar-refractivity contribution >= 4 is 22.7 Å². The highest BCUT2D eigenvalue weighted by Gasteiger charge is 2.08. The van der Waals surface area contributed by atoms with E-state index in [4.69, 9.17) is 0 Å². The molecule has 3 heterocycles. The van der Waals surface area contributed by atoms with Gasteiger partial charge in [0.05, 0.1) is 10.6 Å². The van der Waals surface area contributed by atoms with Gasteiger partial charge in [-0.25, -0.2) is 0 Å². The maximum Gasteiger partial charge on any atom is 0.0801 e. The van der Waals surface area contributed by atoms with Gasteiger partial charge < -0.3 is 0 Å². The van der Waals surface area contributed by atoms with Crippen molar-refractivity contribution in [2.75, 3.05) is 0 Å². The van der Waals surface area contributed by atoms with Crippen LogP contribution in [0.25, 0.3) is 20.3 Å². The summed E-state index contributed by atoms with van der Waals surface area (Å²) in [5, 5.41) is 0. The van der Waals surface area contributed by atoms with Crippen molar-refractivity contribution in [3.63, 3.8) is 0 Å². The van der Waals surface area contributed by atoms with Crippen LogP contribution in [0, 0.1) is 5.92 Å². The second-order valence-corrected chi connectivity index (χ2v) is 7.49. The van der Waals surface area contributed by atoms with E-state index in [1.165, 1.54) is 25.9 Å². The van der Waals surface area contributed by atoms with E-state index in [1.54, 1.807) is 0 Å². The minimum Gasteiger partial charge on any atom is -0.255 e. The van der Waals surface area contributed by atoms with E-state index in [-0.39, 0.29) is 0 Å². The molecule has 0 radical (unpaired) electrons. The van der Waals surface area contributed by atoms with Crippen molar-refractivity contribution < 1.29 is 0 Å². The quantitative estimate of drug-likeness (QED) is 0.599. The Bertz CT molecular complexity index is 680. The zero-order valence-corrected chi connectivity index (χ0v) is 13.3.